The highest BCUT2D eigenvalue weighted by molar-refractivity contribution is 6.03. The van der Waals surface area contributed by atoms with E-state index in [0.717, 1.165) is 55.9 Å². The van der Waals surface area contributed by atoms with Crippen molar-refractivity contribution in [2.24, 2.45) is 5.92 Å². The minimum absolute atomic E-state index is 0.124. The topological polar surface area (TPSA) is 185 Å². The van der Waals surface area contributed by atoms with Crippen molar-refractivity contribution in [1.29, 1.82) is 0 Å². The number of benzene rings is 1. The van der Waals surface area contributed by atoms with Gasteiger partial charge in [0.05, 0.1) is 97.8 Å². The Morgan fingerprint density at radius 1 is 0.803 bits per heavy atom. The van der Waals surface area contributed by atoms with Gasteiger partial charge in [0.2, 0.25) is 23.7 Å². The molecule has 0 spiro atoms. The molecule has 0 bridgehead atoms. The molecule has 2 aliphatic rings. The van der Waals surface area contributed by atoms with Crippen molar-refractivity contribution in [3.05, 3.63) is 47.2 Å². The van der Waals surface area contributed by atoms with E-state index in [1.807, 2.05) is 11.0 Å². The van der Waals surface area contributed by atoms with Crippen LogP contribution in [-0.4, -0.2) is 166 Å². The summed E-state index contributed by atoms with van der Waals surface area (Å²) in [4.78, 5) is 51.1. The molecule has 3 amide bonds. The average Bonchev–Trinajstić information content (AvgIpc) is 3.76. The van der Waals surface area contributed by atoms with Crippen LogP contribution in [0.15, 0.2) is 30.5 Å². The van der Waals surface area contributed by atoms with Crippen molar-refractivity contribution in [1.82, 2.24) is 29.2 Å². The number of aryl methyl sites for hydroxylation is 1. The number of piperazine rings is 1. The third-order valence-corrected chi connectivity index (χ3v) is 10.8. The normalized spacial score (nSPS) is 16.1. The highest BCUT2D eigenvalue weighted by Gasteiger charge is 2.35. The maximum Gasteiger partial charge on any atom is 0.232 e. The lowest BCUT2D eigenvalue weighted by atomic mass is 10.0. The molecule has 3 aromatic rings. The monoisotopic (exact) mass is 853 g/mol. The molecule has 0 saturated carbocycles. The number of carbonyl (C=O) groups excluding carboxylic acids is 3. The van der Waals surface area contributed by atoms with Crippen molar-refractivity contribution in [2.75, 3.05) is 130 Å². The number of anilines is 2. The summed E-state index contributed by atoms with van der Waals surface area (Å²) in [7, 11) is 0. The predicted octanol–water partition coefficient (Wildman–Crippen LogP) is 3.50. The Labute approximate surface area is 360 Å². The summed E-state index contributed by atoms with van der Waals surface area (Å²) in [6, 6.07) is 8.71. The molecule has 1 aromatic carbocycles. The molecule has 338 valence electrons. The van der Waals surface area contributed by atoms with Crippen molar-refractivity contribution < 1.29 is 42.8 Å². The fourth-order valence-electron chi connectivity index (χ4n) is 7.35. The number of ether oxygens (including phenoxy) is 6. The first kappa shape index (κ1) is 47.8. The minimum atomic E-state index is -0.232. The SMILES string of the molecule is CCCCCNc1nc(N)nc2ccn(Cc3ccc(CN4CCN(C(=O)CCOCCOCCOCCOCCOCCOCCN5C(=O)CC(C)C5=O)CC4)cc3C)c12. The zero-order chi connectivity index (χ0) is 43.2. The van der Waals surface area contributed by atoms with Crippen LogP contribution in [-0.2, 0) is 55.9 Å². The van der Waals surface area contributed by atoms with Crippen LogP contribution in [0.3, 0.4) is 0 Å². The molecule has 4 heterocycles. The van der Waals surface area contributed by atoms with Gasteiger partial charge in [-0.3, -0.25) is 24.2 Å². The molecule has 1 atom stereocenters. The number of aromatic nitrogens is 3. The fraction of sp³-hybridized carbons (Fsp3) is 0.659. The average molecular weight is 853 g/mol. The Hall–Kier alpha value is -4.23. The number of nitrogens with zero attached hydrogens (tertiary/aromatic N) is 6. The highest BCUT2D eigenvalue weighted by atomic mass is 16.6. The number of hydrogen-bond acceptors (Lipinski definition) is 14. The van der Waals surface area contributed by atoms with E-state index >= 15 is 0 Å². The van der Waals surface area contributed by atoms with Crippen LogP contribution in [0.5, 0.6) is 0 Å². The van der Waals surface area contributed by atoms with Crippen molar-refractivity contribution in [3.63, 3.8) is 0 Å². The Kier molecular flexibility index (Phi) is 20.6. The zero-order valence-corrected chi connectivity index (χ0v) is 36.6. The number of unbranched alkanes of at least 4 members (excludes halogenated alkanes) is 2. The number of nitrogen functional groups attached to an aromatic ring is 1. The predicted molar refractivity (Wildman–Crippen MR) is 232 cm³/mol. The first-order valence-corrected chi connectivity index (χ1v) is 22.0. The fourth-order valence-corrected chi connectivity index (χ4v) is 7.35. The van der Waals surface area contributed by atoms with E-state index in [4.69, 9.17) is 34.2 Å². The quantitative estimate of drug-likeness (QED) is 0.0734. The molecular weight excluding hydrogens is 785 g/mol. The van der Waals surface area contributed by atoms with Crippen molar-refractivity contribution in [2.45, 2.75) is 66.0 Å². The summed E-state index contributed by atoms with van der Waals surface area (Å²) >= 11 is 0. The van der Waals surface area contributed by atoms with E-state index < -0.39 is 0 Å². The number of amides is 3. The maximum absolute atomic E-state index is 12.8. The molecule has 2 aromatic heterocycles. The summed E-state index contributed by atoms with van der Waals surface area (Å²) in [6.45, 7) is 17.0. The molecule has 17 heteroatoms. The molecule has 61 heavy (non-hydrogen) atoms. The first-order valence-electron chi connectivity index (χ1n) is 22.0. The van der Waals surface area contributed by atoms with Gasteiger partial charge in [-0.1, -0.05) is 44.9 Å². The summed E-state index contributed by atoms with van der Waals surface area (Å²) in [6.07, 6.45) is 6.11. The second-order valence-corrected chi connectivity index (χ2v) is 15.6. The molecule has 2 fully saturated rings. The maximum atomic E-state index is 12.8. The van der Waals surface area contributed by atoms with E-state index in [2.05, 4.69) is 63.0 Å². The largest absolute Gasteiger partial charge is 0.379 e. The number of likely N-dealkylation sites (tertiary alicyclic amines) is 1. The standard InChI is InChI=1S/C44H68N8O9/c1-4-5-6-11-46-42-41-38(47-44(45)48-42)9-12-51(41)33-37-8-7-36(30-34(37)2)32-49-13-15-50(16-14-49)39(53)10-18-56-20-22-58-24-26-60-28-29-61-27-25-59-23-21-57-19-17-52-40(54)31-35(3)43(52)55/h7-9,12,30,35H,4-6,10-11,13-29,31-33H2,1-3H3,(H3,45,46,47,48). The van der Waals surface area contributed by atoms with E-state index in [9.17, 15) is 14.4 Å². The van der Waals surface area contributed by atoms with E-state index in [-0.39, 0.29) is 42.6 Å². The molecule has 17 nitrogen and oxygen atoms in total. The lowest BCUT2D eigenvalue weighted by molar-refractivity contribution is -0.140. The second kappa shape index (κ2) is 26.3. The third kappa shape index (κ3) is 15.9. The van der Waals surface area contributed by atoms with Gasteiger partial charge in [-0.25, -0.2) is 4.98 Å². The lowest BCUT2D eigenvalue weighted by Crippen LogP contribution is -2.48. The van der Waals surface area contributed by atoms with Crippen molar-refractivity contribution in [3.8, 4) is 0 Å². The smallest absolute Gasteiger partial charge is 0.232 e. The van der Waals surface area contributed by atoms with Crippen LogP contribution in [0.25, 0.3) is 11.0 Å². The molecule has 5 rings (SSSR count). The van der Waals surface area contributed by atoms with E-state index in [0.29, 0.717) is 105 Å². The van der Waals surface area contributed by atoms with Gasteiger partial charge in [-0.05, 0) is 36.1 Å². The highest BCUT2D eigenvalue weighted by Crippen LogP contribution is 2.25. The molecule has 1 unspecified atom stereocenters. The zero-order valence-electron chi connectivity index (χ0n) is 36.6. The number of rotatable bonds is 30. The number of hydrogen-bond donors (Lipinski definition) is 2. The molecule has 2 saturated heterocycles. The van der Waals surface area contributed by atoms with Gasteiger partial charge in [0, 0.05) is 64.3 Å². The van der Waals surface area contributed by atoms with Gasteiger partial charge >= 0.3 is 0 Å². The molecule has 2 aliphatic heterocycles. The number of nitrogens with one attached hydrogen (secondary N) is 1. The Bertz CT molecular complexity index is 1800. The van der Waals surface area contributed by atoms with Gasteiger partial charge in [0.1, 0.15) is 5.52 Å². The van der Waals surface area contributed by atoms with E-state index in [1.54, 1.807) is 6.92 Å². The van der Waals surface area contributed by atoms with Crippen LogP contribution >= 0.6 is 0 Å². The molecule has 3 N–H and O–H groups in total. The Balaban J connectivity index is 0.830. The summed E-state index contributed by atoms with van der Waals surface area (Å²) in [5, 5.41) is 3.48. The van der Waals surface area contributed by atoms with Gasteiger partial charge < -0.3 is 48.9 Å². The van der Waals surface area contributed by atoms with Crippen LogP contribution in [0.4, 0.5) is 11.8 Å². The van der Waals surface area contributed by atoms with Gasteiger partial charge in [-0.15, -0.1) is 0 Å². The summed E-state index contributed by atoms with van der Waals surface area (Å²) < 4.78 is 35.4. The molecule has 0 radical (unpaired) electrons. The third-order valence-electron chi connectivity index (χ3n) is 10.8. The lowest BCUT2D eigenvalue weighted by Gasteiger charge is -2.35. The van der Waals surface area contributed by atoms with Crippen molar-refractivity contribution >= 4 is 40.5 Å². The van der Waals surface area contributed by atoms with Gasteiger partial charge in [-0.2, -0.15) is 4.98 Å². The van der Waals surface area contributed by atoms with Crippen LogP contribution in [0.1, 0.15) is 62.6 Å². The summed E-state index contributed by atoms with van der Waals surface area (Å²) in [5.41, 5.74) is 11.6. The Morgan fingerprint density at radius 2 is 1.43 bits per heavy atom. The number of carbonyl (C=O) groups is 3. The first-order chi connectivity index (χ1) is 29.7. The Morgan fingerprint density at radius 3 is 2.02 bits per heavy atom. The van der Waals surface area contributed by atoms with Gasteiger partial charge in [0.25, 0.3) is 0 Å². The van der Waals surface area contributed by atoms with Gasteiger partial charge in [0.15, 0.2) is 5.82 Å². The molecular formula is C44H68N8O9. The van der Waals surface area contributed by atoms with Crippen LogP contribution in [0.2, 0.25) is 0 Å². The number of imide groups is 1. The van der Waals surface area contributed by atoms with Crippen LogP contribution < -0.4 is 11.1 Å². The number of nitrogens with two attached hydrogens (primary N) is 1. The van der Waals surface area contributed by atoms with E-state index in [1.165, 1.54) is 28.0 Å². The minimum Gasteiger partial charge on any atom is -0.379 e. The second-order valence-electron chi connectivity index (χ2n) is 15.6. The summed E-state index contributed by atoms with van der Waals surface area (Å²) in [5.74, 6) is 0.700. The number of fused-ring (bicyclic) bond motifs is 1. The molecule has 0 aliphatic carbocycles. The van der Waals surface area contributed by atoms with Crippen LogP contribution in [0, 0.1) is 12.8 Å².